The average molecular weight is 294 g/mol. The van der Waals surface area contributed by atoms with Crippen LogP contribution in [-0.2, 0) is 16.0 Å². The van der Waals surface area contributed by atoms with Crippen LogP contribution < -0.4 is 0 Å². The van der Waals surface area contributed by atoms with Gasteiger partial charge in [0.15, 0.2) is 9.84 Å². The number of aliphatic hydroxyl groups excluding tert-OH is 1. The lowest BCUT2D eigenvalue weighted by molar-refractivity contribution is -0.137. The minimum absolute atomic E-state index is 0.00391. The van der Waals surface area contributed by atoms with Crippen molar-refractivity contribution in [3.05, 3.63) is 29.8 Å². The number of halogens is 3. The van der Waals surface area contributed by atoms with Crippen molar-refractivity contribution >= 4 is 9.84 Å². The van der Waals surface area contributed by atoms with E-state index < -0.39 is 33.4 Å². The summed E-state index contributed by atoms with van der Waals surface area (Å²) in [5.74, 6) is -0.438. The summed E-state index contributed by atoms with van der Waals surface area (Å²) in [5, 5.41) is 9.61. The highest BCUT2D eigenvalue weighted by Crippen LogP contribution is 2.34. The second kappa shape index (κ2) is 4.79. The molecule has 0 heterocycles. The molecule has 0 aromatic heterocycles. The highest BCUT2D eigenvalue weighted by atomic mass is 32.2. The Kier molecular flexibility index (Phi) is 3.61. The van der Waals surface area contributed by atoms with Crippen LogP contribution in [-0.4, -0.2) is 25.4 Å². The lowest BCUT2D eigenvalue weighted by atomic mass is 10.2. The van der Waals surface area contributed by atoms with Gasteiger partial charge in [0.25, 0.3) is 0 Å². The molecule has 1 aromatic carbocycles. The van der Waals surface area contributed by atoms with Gasteiger partial charge in [-0.3, -0.25) is 0 Å². The summed E-state index contributed by atoms with van der Waals surface area (Å²) in [6.07, 6.45) is -3.84. The number of alkyl halides is 3. The summed E-state index contributed by atoms with van der Waals surface area (Å²) in [7, 11) is -3.74. The minimum atomic E-state index is -4.49. The maximum atomic E-state index is 12.4. The van der Waals surface area contributed by atoms with E-state index in [0.29, 0.717) is 0 Å². The van der Waals surface area contributed by atoms with Crippen LogP contribution in [0.2, 0.25) is 0 Å². The van der Waals surface area contributed by atoms with Crippen LogP contribution in [0.25, 0.3) is 0 Å². The van der Waals surface area contributed by atoms with Gasteiger partial charge >= 0.3 is 6.18 Å². The molecule has 1 aliphatic carbocycles. The van der Waals surface area contributed by atoms with E-state index in [4.69, 9.17) is 0 Å². The average Bonchev–Trinajstić information content (AvgIpc) is 3.11. The molecule has 0 amide bonds. The fourth-order valence-corrected chi connectivity index (χ4v) is 3.25. The SMILES string of the molecule is O=S(=O)(CC(O)C1CC1)c1ccc(C(F)(F)F)cc1. The van der Waals surface area contributed by atoms with Crippen molar-refractivity contribution < 1.29 is 26.7 Å². The van der Waals surface area contributed by atoms with E-state index in [-0.39, 0.29) is 10.8 Å². The molecule has 1 aliphatic rings. The van der Waals surface area contributed by atoms with Crippen molar-refractivity contribution in [2.75, 3.05) is 5.75 Å². The fraction of sp³-hybridized carbons (Fsp3) is 0.500. The van der Waals surface area contributed by atoms with Gasteiger partial charge in [-0.25, -0.2) is 8.42 Å². The number of hydrogen-bond acceptors (Lipinski definition) is 3. The van der Waals surface area contributed by atoms with E-state index in [2.05, 4.69) is 0 Å². The molecule has 0 spiro atoms. The van der Waals surface area contributed by atoms with Crippen LogP contribution in [0.5, 0.6) is 0 Å². The van der Waals surface area contributed by atoms with E-state index in [1.54, 1.807) is 0 Å². The van der Waals surface area contributed by atoms with Gasteiger partial charge in [-0.15, -0.1) is 0 Å². The van der Waals surface area contributed by atoms with Crippen molar-refractivity contribution in [3.63, 3.8) is 0 Å². The topological polar surface area (TPSA) is 54.4 Å². The third kappa shape index (κ3) is 3.48. The number of sulfone groups is 1. The van der Waals surface area contributed by atoms with Crippen LogP contribution >= 0.6 is 0 Å². The van der Waals surface area contributed by atoms with Gasteiger partial charge in [-0.05, 0) is 43.0 Å². The number of rotatable bonds is 4. The Bertz CT molecular complexity index is 545. The normalized spacial score (nSPS) is 18.3. The third-order valence-corrected chi connectivity index (χ3v) is 4.87. The Balaban J connectivity index is 2.16. The number of hydrogen-bond donors (Lipinski definition) is 1. The third-order valence-electron chi connectivity index (χ3n) is 3.10. The zero-order chi connectivity index (χ0) is 14.3. The molecule has 3 nitrogen and oxygen atoms in total. The molecule has 1 N–H and O–H groups in total. The molecular weight excluding hydrogens is 281 g/mol. The standard InChI is InChI=1S/C12H13F3O3S/c13-12(14,15)9-3-5-10(6-4-9)19(17,18)7-11(16)8-1-2-8/h3-6,8,11,16H,1-2,7H2. The molecule has 1 saturated carbocycles. The Hall–Kier alpha value is -1.08. The van der Waals surface area contributed by atoms with Crippen molar-refractivity contribution in [1.29, 1.82) is 0 Å². The van der Waals surface area contributed by atoms with Crippen molar-refractivity contribution in [2.24, 2.45) is 5.92 Å². The molecule has 0 saturated heterocycles. The Morgan fingerprint density at radius 1 is 1.21 bits per heavy atom. The first kappa shape index (κ1) is 14.3. The van der Waals surface area contributed by atoms with Gasteiger partial charge in [-0.2, -0.15) is 13.2 Å². The molecule has 1 unspecified atom stereocenters. The number of aliphatic hydroxyl groups is 1. The summed E-state index contributed by atoms with van der Waals surface area (Å²) < 4.78 is 60.8. The second-order valence-electron chi connectivity index (χ2n) is 4.71. The zero-order valence-corrected chi connectivity index (χ0v) is 10.7. The Labute approximate surface area is 109 Å². The molecule has 1 aromatic rings. The summed E-state index contributed by atoms with van der Waals surface area (Å²) in [6.45, 7) is 0. The lowest BCUT2D eigenvalue weighted by Gasteiger charge is -2.11. The van der Waals surface area contributed by atoms with Gasteiger partial charge < -0.3 is 5.11 Å². The molecule has 2 rings (SSSR count). The highest BCUT2D eigenvalue weighted by molar-refractivity contribution is 7.91. The van der Waals surface area contributed by atoms with E-state index in [1.165, 1.54) is 0 Å². The largest absolute Gasteiger partial charge is 0.416 e. The maximum absolute atomic E-state index is 12.4. The van der Waals surface area contributed by atoms with Crippen molar-refractivity contribution in [2.45, 2.75) is 30.0 Å². The summed E-state index contributed by atoms with van der Waals surface area (Å²) in [4.78, 5) is -0.194. The Morgan fingerprint density at radius 3 is 2.16 bits per heavy atom. The minimum Gasteiger partial charge on any atom is -0.392 e. The van der Waals surface area contributed by atoms with Crippen LogP contribution in [0.1, 0.15) is 18.4 Å². The Morgan fingerprint density at radius 2 is 1.74 bits per heavy atom. The molecule has 0 aliphatic heterocycles. The molecular formula is C12H13F3O3S. The van der Waals surface area contributed by atoms with Crippen molar-refractivity contribution in [1.82, 2.24) is 0 Å². The monoisotopic (exact) mass is 294 g/mol. The molecule has 0 radical (unpaired) electrons. The highest BCUT2D eigenvalue weighted by Gasteiger charge is 2.34. The zero-order valence-electron chi connectivity index (χ0n) is 9.89. The molecule has 1 atom stereocenters. The molecule has 7 heteroatoms. The van der Waals surface area contributed by atoms with E-state index in [1.807, 2.05) is 0 Å². The van der Waals surface area contributed by atoms with Gasteiger partial charge in [0.05, 0.1) is 22.3 Å². The second-order valence-corrected chi connectivity index (χ2v) is 6.74. The first-order chi connectivity index (χ1) is 8.70. The molecule has 1 fully saturated rings. The summed E-state index contributed by atoms with van der Waals surface area (Å²) in [6, 6.07) is 3.32. The lowest BCUT2D eigenvalue weighted by Crippen LogP contribution is -2.22. The van der Waals surface area contributed by atoms with Gasteiger partial charge in [0.2, 0.25) is 0 Å². The van der Waals surface area contributed by atoms with Crippen molar-refractivity contribution in [3.8, 4) is 0 Å². The molecule has 106 valence electrons. The van der Waals surface area contributed by atoms with Crippen LogP contribution in [0.15, 0.2) is 29.2 Å². The predicted molar refractivity (Wildman–Crippen MR) is 62.2 cm³/mol. The fourth-order valence-electron chi connectivity index (χ4n) is 1.79. The van der Waals surface area contributed by atoms with Crippen LogP contribution in [0.4, 0.5) is 13.2 Å². The quantitative estimate of drug-likeness (QED) is 0.926. The van der Waals surface area contributed by atoms with Gasteiger partial charge in [-0.1, -0.05) is 0 Å². The smallest absolute Gasteiger partial charge is 0.392 e. The number of benzene rings is 1. The van der Waals surface area contributed by atoms with Gasteiger partial charge in [0, 0.05) is 0 Å². The predicted octanol–water partition coefficient (Wildman–Crippen LogP) is 2.25. The first-order valence-electron chi connectivity index (χ1n) is 5.78. The first-order valence-corrected chi connectivity index (χ1v) is 7.43. The van der Waals surface area contributed by atoms with Gasteiger partial charge in [0.1, 0.15) is 0 Å². The van der Waals surface area contributed by atoms with E-state index >= 15 is 0 Å². The van der Waals surface area contributed by atoms with Crippen LogP contribution in [0.3, 0.4) is 0 Å². The summed E-state index contributed by atoms with van der Waals surface area (Å²) >= 11 is 0. The summed E-state index contributed by atoms with van der Waals surface area (Å²) in [5.41, 5.74) is -0.894. The van der Waals surface area contributed by atoms with E-state index in [0.717, 1.165) is 37.1 Å². The molecule has 19 heavy (non-hydrogen) atoms. The maximum Gasteiger partial charge on any atom is 0.416 e. The van der Waals surface area contributed by atoms with E-state index in [9.17, 15) is 26.7 Å². The molecule has 0 bridgehead atoms. The van der Waals surface area contributed by atoms with Crippen LogP contribution in [0, 0.1) is 5.92 Å².